The fourth-order valence-electron chi connectivity index (χ4n) is 0.956. The first-order valence-corrected chi connectivity index (χ1v) is 3.40. The second-order valence-electron chi connectivity index (χ2n) is 2.60. The van der Waals surface area contributed by atoms with E-state index in [4.69, 9.17) is 0 Å². The first kappa shape index (κ1) is 5.65. The van der Waals surface area contributed by atoms with Gasteiger partial charge >= 0.3 is 0 Å². The molecule has 0 bridgehead atoms. The Bertz CT molecular complexity index is 236. The summed E-state index contributed by atoms with van der Waals surface area (Å²) in [5, 5.41) is 0. The van der Waals surface area contributed by atoms with E-state index in [1.807, 2.05) is 0 Å². The van der Waals surface area contributed by atoms with Gasteiger partial charge < -0.3 is 4.98 Å². The minimum atomic E-state index is 0.220. The van der Waals surface area contributed by atoms with E-state index in [1.54, 1.807) is 6.20 Å². The highest BCUT2D eigenvalue weighted by molar-refractivity contribution is 5.97. The molecular formula is C7H8N2O. The molecule has 1 fully saturated rings. The van der Waals surface area contributed by atoms with Crippen LogP contribution >= 0.6 is 0 Å². The molecule has 0 amide bonds. The fraction of sp³-hybridized carbons (Fsp3) is 0.429. The van der Waals surface area contributed by atoms with Gasteiger partial charge in [-0.2, -0.15) is 0 Å². The summed E-state index contributed by atoms with van der Waals surface area (Å²) < 4.78 is 0. The van der Waals surface area contributed by atoms with Crippen molar-refractivity contribution in [3.8, 4) is 0 Å². The largest absolute Gasteiger partial charge is 0.342 e. The van der Waals surface area contributed by atoms with E-state index >= 15 is 0 Å². The smallest absolute Gasteiger partial charge is 0.183 e. The molecule has 52 valence electrons. The summed E-state index contributed by atoms with van der Waals surface area (Å²) in [5.74, 6) is 0.512. The van der Waals surface area contributed by atoms with Gasteiger partial charge in [0, 0.05) is 5.92 Å². The zero-order valence-corrected chi connectivity index (χ0v) is 5.50. The summed E-state index contributed by atoms with van der Waals surface area (Å²) in [6, 6.07) is 0. The molecule has 3 nitrogen and oxygen atoms in total. The number of aromatic amines is 1. The molecule has 1 aromatic rings. The maximum Gasteiger partial charge on any atom is 0.183 e. The van der Waals surface area contributed by atoms with Crippen LogP contribution in [0.2, 0.25) is 0 Å². The van der Waals surface area contributed by atoms with Gasteiger partial charge in [-0.05, 0) is 12.8 Å². The molecule has 1 aliphatic carbocycles. The minimum Gasteiger partial charge on any atom is -0.342 e. The van der Waals surface area contributed by atoms with Gasteiger partial charge in [-0.15, -0.1) is 0 Å². The van der Waals surface area contributed by atoms with Crippen molar-refractivity contribution in [2.45, 2.75) is 12.8 Å². The highest BCUT2D eigenvalue weighted by Crippen LogP contribution is 2.31. The van der Waals surface area contributed by atoms with E-state index < -0.39 is 0 Å². The lowest BCUT2D eigenvalue weighted by Crippen LogP contribution is -2.00. The first-order valence-electron chi connectivity index (χ1n) is 3.40. The molecule has 10 heavy (non-hydrogen) atoms. The zero-order chi connectivity index (χ0) is 6.97. The summed E-state index contributed by atoms with van der Waals surface area (Å²) in [5.41, 5.74) is 0.655. The Kier molecular flexibility index (Phi) is 1.09. The Balaban J connectivity index is 2.19. The standard InChI is InChI=1S/C7H8N2O/c10-7(5-1-2-5)6-3-8-4-9-6/h3-5H,1-2H2,(H,8,9). The van der Waals surface area contributed by atoms with Gasteiger partial charge in [0.25, 0.3) is 0 Å². The summed E-state index contributed by atoms with van der Waals surface area (Å²) in [4.78, 5) is 17.8. The average Bonchev–Trinajstić information content (AvgIpc) is 2.65. The predicted molar refractivity (Wildman–Crippen MR) is 35.6 cm³/mol. The van der Waals surface area contributed by atoms with Gasteiger partial charge in [0.05, 0.1) is 12.5 Å². The number of Topliss-reactive ketones (excluding diaryl/α,β-unsaturated/α-hetero) is 1. The third-order valence-electron chi connectivity index (χ3n) is 1.71. The number of nitrogens with one attached hydrogen (secondary N) is 1. The van der Waals surface area contributed by atoms with Crippen molar-refractivity contribution in [3.05, 3.63) is 18.2 Å². The second-order valence-corrected chi connectivity index (χ2v) is 2.60. The predicted octanol–water partition coefficient (Wildman–Crippen LogP) is 1.00. The maximum atomic E-state index is 11.2. The molecule has 0 aliphatic heterocycles. The van der Waals surface area contributed by atoms with Gasteiger partial charge in [0.2, 0.25) is 0 Å². The van der Waals surface area contributed by atoms with Crippen molar-refractivity contribution in [1.29, 1.82) is 0 Å². The van der Waals surface area contributed by atoms with Crippen LogP contribution in [-0.4, -0.2) is 15.8 Å². The molecular weight excluding hydrogens is 128 g/mol. The van der Waals surface area contributed by atoms with Crippen molar-refractivity contribution >= 4 is 5.78 Å². The summed E-state index contributed by atoms with van der Waals surface area (Å²) in [7, 11) is 0. The van der Waals surface area contributed by atoms with Gasteiger partial charge in [-0.3, -0.25) is 4.79 Å². The number of carbonyl (C=O) groups excluding carboxylic acids is 1. The lowest BCUT2D eigenvalue weighted by atomic mass is 10.2. The Morgan fingerprint density at radius 3 is 3.00 bits per heavy atom. The van der Waals surface area contributed by atoms with Crippen molar-refractivity contribution in [2.24, 2.45) is 5.92 Å². The third-order valence-corrected chi connectivity index (χ3v) is 1.71. The third kappa shape index (κ3) is 0.835. The van der Waals surface area contributed by atoms with Gasteiger partial charge in [-0.1, -0.05) is 0 Å². The number of nitrogens with zero attached hydrogens (tertiary/aromatic N) is 1. The SMILES string of the molecule is O=C(c1cnc[nH]1)C1CC1. The van der Waals surface area contributed by atoms with E-state index in [-0.39, 0.29) is 5.78 Å². The van der Waals surface area contributed by atoms with E-state index in [0.29, 0.717) is 11.6 Å². The Labute approximate surface area is 58.5 Å². The molecule has 1 aliphatic rings. The molecule has 1 saturated carbocycles. The molecule has 3 heteroatoms. The summed E-state index contributed by atoms with van der Waals surface area (Å²) in [6.07, 6.45) is 5.23. The first-order chi connectivity index (χ1) is 4.88. The molecule has 1 heterocycles. The quantitative estimate of drug-likeness (QED) is 0.616. The number of ketones is 1. The molecule has 1 aromatic heterocycles. The lowest BCUT2D eigenvalue weighted by Gasteiger charge is -1.89. The Morgan fingerprint density at radius 1 is 1.70 bits per heavy atom. The topological polar surface area (TPSA) is 45.8 Å². The summed E-state index contributed by atoms with van der Waals surface area (Å²) in [6.45, 7) is 0. The second kappa shape index (κ2) is 1.94. The highest BCUT2D eigenvalue weighted by Gasteiger charge is 2.30. The molecule has 0 unspecified atom stereocenters. The van der Waals surface area contributed by atoms with E-state index in [2.05, 4.69) is 9.97 Å². The maximum absolute atomic E-state index is 11.2. The number of H-pyrrole nitrogens is 1. The van der Waals surface area contributed by atoms with Gasteiger partial charge in [-0.25, -0.2) is 4.98 Å². The van der Waals surface area contributed by atoms with Crippen LogP contribution in [-0.2, 0) is 0 Å². The van der Waals surface area contributed by atoms with Crippen LogP contribution < -0.4 is 0 Å². The van der Waals surface area contributed by atoms with Gasteiger partial charge in [0.15, 0.2) is 5.78 Å². The average molecular weight is 136 g/mol. The number of aromatic nitrogens is 2. The van der Waals surface area contributed by atoms with E-state index in [0.717, 1.165) is 12.8 Å². The summed E-state index contributed by atoms with van der Waals surface area (Å²) >= 11 is 0. The van der Waals surface area contributed by atoms with Crippen LogP contribution in [0, 0.1) is 5.92 Å². The number of imidazole rings is 1. The normalized spacial score (nSPS) is 17.2. The number of rotatable bonds is 2. The monoisotopic (exact) mass is 136 g/mol. The van der Waals surface area contributed by atoms with E-state index in [9.17, 15) is 4.79 Å². The van der Waals surface area contributed by atoms with Crippen molar-refractivity contribution in [2.75, 3.05) is 0 Å². The van der Waals surface area contributed by atoms with Crippen molar-refractivity contribution < 1.29 is 4.79 Å². The number of hydrogen-bond donors (Lipinski definition) is 1. The van der Waals surface area contributed by atoms with Gasteiger partial charge in [0.1, 0.15) is 5.69 Å². The Hall–Kier alpha value is -1.12. The fourth-order valence-corrected chi connectivity index (χ4v) is 0.956. The van der Waals surface area contributed by atoms with Crippen molar-refractivity contribution in [3.63, 3.8) is 0 Å². The molecule has 0 atom stereocenters. The zero-order valence-electron chi connectivity index (χ0n) is 5.50. The molecule has 0 spiro atoms. The van der Waals surface area contributed by atoms with Crippen LogP contribution in [0.5, 0.6) is 0 Å². The molecule has 1 N–H and O–H groups in total. The number of hydrogen-bond acceptors (Lipinski definition) is 2. The van der Waals surface area contributed by atoms with Crippen LogP contribution in [0.1, 0.15) is 23.3 Å². The minimum absolute atomic E-state index is 0.220. The van der Waals surface area contributed by atoms with Crippen LogP contribution in [0.15, 0.2) is 12.5 Å². The number of carbonyl (C=O) groups is 1. The van der Waals surface area contributed by atoms with Crippen LogP contribution in [0.25, 0.3) is 0 Å². The molecule has 2 rings (SSSR count). The molecule has 0 saturated heterocycles. The lowest BCUT2D eigenvalue weighted by molar-refractivity contribution is 0.0963. The van der Waals surface area contributed by atoms with Crippen LogP contribution in [0.4, 0.5) is 0 Å². The Morgan fingerprint density at radius 2 is 2.50 bits per heavy atom. The highest BCUT2D eigenvalue weighted by atomic mass is 16.1. The molecule has 0 radical (unpaired) electrons. The van der Waals surface area contributed by atoms with E-state index in [1.165, 1.54) is 6.33 Å². The van der Waals surface area contributed by atoms with Crippen molar-refractivity contribution in [1.82, 2.24) is 9.97 Å². The van der Waals surface area contributed by atoms with Crippen LogP contribution in [0.3, 0.4) is 0 Å². The molecule has 0 aromatic carbocycles.